The number of benzene rings is 2. The second kappa shape index (κ2) is 6.72. The quantitative estimate of drug-likeness (QED) is 0.431. The van der Waals surface area contributed by atoms with E-state index in [1.54, 1.807) is 0 Å². The number of rotatable bonds is 2. The highest BCUT2D eigenvalue weighted by molar-refractivity contribution is 6.00. The molecule has 0 saturated heterocycles. The van der Waals surface area contributed by atoms with E-state index in [0.29, 0.717) is 0 Å². The predicted molar refractivity (Wildman–Crippen MR) is 104 cm³/mol. The lowest BCUT2D eigenvalue weighted by Gasteiger charge is -2.18. The highest BCUT2D eigenvalue weighted by Gasteiger charge is 2.25. The molecule has 2 nitrogen and oxygen atoms in total. The third kappa shape index (κ3) is 2.82. The molecule has 0 amide bonds. The van der Waals surface area contributed by atoms with Crippen LogP contribution in [-0.2, 0) is 0 Å². The van der Waals surface area contributed by atoms with E-state index in [2.05, 4.69) is 36.4 Å². The van der Waals surface area contributed by atoms with Gasteiger partial charge in [-0.2, -0.15) is 4.73 Å². The Morgan fingerprint density at radius 2 is 1.56 bits per heavy atom. The molecule has 25 heavy (non-hydrogen) atoms. The fourth-order valence-electron chi connectivity index (χ4n) is 3.94. The molecule has 2 heteroatoms. The summed E-state index contributed by atoms with van der Waals surface area (Å²) in [6, 6.07) is 18.6. The number of aromatic nitrogens is 1. The van der Waals surface area contributed by atoms with Gasteiger partial charge in [-0.15, -0.1) is 0 Å². The molecule has 0 radical (unpaired) electrons. The summed E-state index contributed by atoms with van der Waals surface area (Å²) in [6.07, 6.45) is 7.96. The molecule has 0 unspecified atom stereocenters. The topological polar surface area (TPSA) is 26.9 Å². The summed E-state index contributed by atoms with van der Waals surface area (Å²) in [5, 5.41) is 15.5. The molecule has 0 saturated carbocycles. The first-order valence-corrected chi connectivity index (χ1v) is 9.17. The van der Waals surface area contributed by atoms with Crippen molar-refractivity contribution in [1.82, 2.24) is 0 Å². The van der Waals surface area contributed by atoms with Crippen molar-refractivity contribution < 1.29 is 4.73 Å². The van der Waals surface area contributed by atoms with E-state index in [4.69, 9.17) is 0 Å². The van der Waals surface area contributed by atoms with Gasteiger partial charge in [0.05, 0.1) is 10.9 Å². The van der Waals surface area contributed by atoms with Crippen LogP contribution in [0.2, 0.25) is 0 Å². The van der Waals surface area contributed by atoms with Crippen LogP contribution in [0.15, 0.2) is 60.7 Å². The normalized spacial score (nSPS) is 15.0. The maximum absolute atomic E-state index is 13.3. The minimum atomic E-state index is 0.787. The molecule has 2 aromatic carbocycles. The molecule has 0 N–H and O–H groups in total. The van der Waals surface area contributed by atoms with Crippen LogP contribution < -0.4 is 4.73 Å². The third-order valence-corrected chi connectivity index (χ3v) is 5.24. The second-order valence-electron chi connectivity index (χ2n) is 6.84. The Kier molecular flexibility index (Phi) is 4.27. The van der Waals surface area contributed by atoms with Crippen LogP contribution in [0.1, 0.15) is 43.5 Å². The largest absolute Gasteiger partial charge is 0.618 e. The maximum Gasteiger partial charge on any atom is 0.228 e. The molecule has 1 heterocycles. The molecule has 3 aromatic rings. The molecule has 0 bridgehead atoms. The zero-order chi connectivity index (χ0) is 17.2. The Balaban J connectivity index is 2.10. The van der Waals surface area contributed by atoms with Crippen LogP contribution >= 0.6 is 0 Å². The molecule has 0 fully saturated rings. The van der Waals surface area contributed by atoms with Crippen molar-refractivity contribution in [2.45, 2.75) is 39.0 Å². The first kappa shape index (κ1) is 15.9. The number of allylic oxidation sites excluding steroid dienone is 2. The lowest BCUT2D eigenvalue weighted by Crippen LogP contribution is -2.36. The van der Waals surface area contributed by atoms with Crippen molar-refractivity contribution in [2.75, 3.05) is 0 Å². The number of pyridine rings is 1. The number of hydrogen-bond donors (Lipinski definition) is 0. The summed E-state index contributed by atoms with van der Waals surface area (Å²) in [4.78, 5) is 0. The van der Waals surface area contributed by atoms with Crippen LogP contribution in [0, 0.1) is 12.1 Å². The van der Waals surface area contributed by atoms with Crippen molar-refractivity contribution in [3.63, 3.8) is 0 Å². The van der Waals surface area contributed by atoms with E-state index in [9.17, 15) is 5.21 Å². The highest BCUT2D eigenvalue weighted by atomic mass is 16.5. The second-order valence-corrected chi connectivity index (χ2v) is 6.84. The van der Waals surface area contributed by atoms with Crippen LogP contribution in [0.4, 0.5) is 0 Å². The Bertz CT molecular complexity index is 941. The van der Waals surface area contributed by atoms with E-state index >= 15 is 0 Å². The minimum Gasteiger partial charge on any atom is -0.618 e. The van der Waals surface area contributed by atoms with Crippen LogP contribution in [0.5, 0.6) is 0 Å². The van der Waals surface area contributed by atoms with Gasteiger partial charge in [0.2, 0.25) is 5.69 Å². The number of hydrogen-bond acceptors (Lipinski definition) is 1. The summed E-state index contributed by atoms with van der Waals surface area (Å²) in [5.41, 5.74) is 5.04. The van der Waals surface area contributed by atoms with E-state index < -0.39 is 0 Å². The molecular formula is C23H23NO. The lowest BCUT2D eigenvalue weighted by atomic mass is 9.91. The van der Waals surface area contributed by atoms with Crippen molar-refractivity contribution in [3.05, 3.63) is 77.3 Å². The van der Waals surface area contributed by atoms with E-state index in [0.717, 1.165) is 47.2 Å². The molecule has 4 rings (SSSR count). The van der Waals surface area contributed by atoms with Crippen LogP contribution in [0.3, 0.4) is 0 Å². The SMILES string of the molecule is Cc1c2ccccc2c(-c2ccccc2)c(C2=CCCCCC2)[n+]1[O-]. The van der Waals surface area contributed by atoms with Gasteiger partial charge >= 0.3 is 0 Å². The average molecular weight is 329 g/mol. The van der Waals surface area contributed by atoms with Gasteiger partial charge in [0.1, 0.15) is 0 Å². The molecular weight excluding hydrogens is 306 g/mol. The van der Waals surface area contributed by atoms with E-state index in [1.807, 2.05) is 31.2 Å². The standard InChI is InChI=1S/C23H23NO/c1-17-20-15-9-10-16-21(20)22(18-11-7-4-8-12-18)23(24(17)25)19-13-5-2-3-6-14-19/h4,7-13,15-16H,2-3,5-6,14H2,1H3. The summed E-state index contributed by atoms with van der Waals surface area (Å²) < 4.78 is 1.17. The smallest absolute Gasteiger partial charge is 0.228 e. The van der Waals surface area contributed by atoms with E-state index in [-0.39, 0.29) is 0 Å². The average Bonchev–Trinajstić information content (AvgIpc) is 2.94. The predicted octanol–water partition coefficient (Wildman–Crippen LogP) is 5.80. The number of nitrogens with zero attached hydrogens (tertiary/aromatic N) is 1. The molecule has 126 valence electrons. The van der Waals surface area contributed by atoms with Gasteiger partial charge in [-0.25, -0.2) is 0 Å². The highest BCUT2D eigenvalue weighted by Crippen LogP contribution is 2.37. The first-order chi connectivity index (χ1) is 12.3. The summed E-state index contributed by atoms with van der Waals surface area (Å²) in [7, 11) is 0. The van der Waals surface area contributed by atoms with Gasteiger partial charge in [0.25, 0.3) is 0 Å². The van der Waals surface area contributed by atoms with Gasteiger partial charge in [-0.1, -0.05) is 61.0 Å². The molecule has 0 aliphatic heterocycles. The Morgan fingerprint density at radius 3 is 2.36 bits per heavy atom. The van der Waals surface area contributed by atoms with Gasteiger partial charge in [0.15, 0.2) is 5.69 Å². The number of fused-ring (bicyclic) bond motifs is 1. The summed E-state index contributed by atoms with van der Waals surface area (Å²) in [5.74, 6) is 0. The molecule has 1 aliphatic carbocycles. The number of aryl methyl sites for hydroxylation is 1. The Labute approximate surface area is 149 Å². The molecule has 0 spiro atoms. The fraction of sp³-hybridized carbons (Fsp3) is 0.261. The molecule has 0 atom stereocenters. The van der Waals surface area contributed by atoms with Crippen molar-refractivity contribution in [2.24, 2.45) is 0 Å². The Hall–Kier alpha value is -2.61. The molecule has 1 aromatic heterocycles. The van der Waals surface area contributed by atoms with Crippen molar-refractivity contribution in [1.29, 1.82) is 0 Å². The van der Waals surface area contributed by atoms with Crippen molar-refractivity contribution in [3.8, 4) is 11.1 Å². The third-order valence-electron chi connectivity index (χ3n) is 5.24. The zero-order valence-electron chi connectivity index (χ0n) is 14.7. The van der Waals surface area contributed by atoms with Gasteiger partial charge in [-0.05, 0) is 37.3 Å². The van der Waals surface area contributed by atoms with Crippen LogP contribution in [-0.4, -0.2) is 0 Å². The van der Waals surface area contributed by atoms with E-state index in [1.165, 1.54) is 28.5 Å². The minimum absolute atomic E-state index is 0.787. The van der Waals surface area contributed by atoms with Gasteiger partial charge in [-0.3, -0.25) is 0 Å². The summed E-state index contributed by atoms with van der Waals surface area (Å²) in [6.45, 7) is 1.94. The summed E-state index contributed by atoms with van der Waals surface area (Å²) >= 11 is 0. The van der Waals surface area contributed by atoms with Crippen LogP contribution in [0.25, 0.3) is 27.5 Å². The first-order valence-electron chi connectivity index (χ1n) is 9.17. The fourth-order valence-corrected chi connectivity index (χ4v) is 3.94. The Morgan fingerprint density at radius 1 is 0.840 bits per heavy atom. The van der Waals surface area contributed by atoms with Crippen molar-refractivity contribution >= 4 is 16.3 Å². The van der Waals surface area contributed by atoms with Gasteiger partial charge < -0.3 is 5.21 Å². The zero-order valence-corrected chi connectivity index (χ0v) is 14.7. The monoisotopic (exact) mass is 329 g/mol. The van der Waals surface area contributed by atoms with Gasteiger partial charge in [0, 0.05) is 17.9 Å². The lowest BCUT2D eigenvalue weighted by molar-refractivity contribution is -0.612. The maximum atomic E-state index is 13.3. The molecule has 1 aliphatic rings.